The molecule has 0 aromatic heterocycles. The van der Waals surface area contributed by atoms with Crippen LogP contribution in [-0.2, 0) is 0 Å². The SMILES string of the molecule is C=CCCCCCN(C)C(=NC)NCC(C)SC. The molecule has 0 radical (unpaired) electrons. The lowest BCUT2D eigenvalue weighted by molar-refractivity contribution is 0.455. The number of nitrogens with one attached hydrogen (secondary N) is 1. The van der Waals surface area contributed by atoms with Gasteiger partial charge in [0.1, 0.15) is 0 Å². The minimum Gasteiger partial charge on any atom is -0.355 e. The zero-order chi connectivity index (χ0) is 13.8. The van der Waals surface area contributed by atoms with Crippen molar-refractivity contribution >= 4 is 17.7 Å². The molecule has 0 aromatic carbocycles. The van der Waals surface area contributed by atoms with E-state index in [0.717, 1.165) is 25.5 Å². The quantitative estimate of drug-likeness (QED) is 0.302. The number of hydrogen-bond acceptors (Lipinski definition) is 2. The molecular weight excluding hydrogens is 242 g/mol. The van der Waals surface area contributed by atoms with Crippen molar-refractivity contribution in [2.24, 2.45) is 4.99 Å². The van der Waals surface area contributed by atoms with Crippen LogP contribution >= 0.6 is 11.8 Å². The highest BCUT2D eigenvalue weighted by molar-refractivity contribution is 7.99. The molecule has 0 heterocycles. The van der Waals surface area contributed by atoms with E-state index in [4.69, 9.17) is 0 Å². The first-order chi connectivity index (χ1) is 8.65. The summed E-state index contributed by atoms with van der Waals surface area (Å²) < 4.78 is 0. The number of nitrogens with zero attached hydrogens (tertiary/aromatic N) is 2. The maximum absolute atomic E-state index is 4.32. The summed E-state index contributed by atoms with van der Waals surface area (Å²) in [6, 6.07) is 0. The van der Waals surface area contributed by atoms with Gasteiger partial charge in [0.2, 0.25) is 0 Å². The fraction of sp³-hybridized carbons (Fsp3) is 0.786. The van der Waals surface area contributed by atoms with E-state index in [1.165, 1.54) is 19.3 Å². The van der Waals surface area contributed by atoms with E-state index in [1.54, 1.807) is 0 Å². The molecule has 0 bridgehead atoms. The summed E-state index contributed by atoms with van der Waals surface area (Å²) in [5.74, 6) is 1.000. The number of hydrogen-bond donors (Lipinski definition) is 1. The smallest absolute Gasteiger partial charge is 0.193 e. The molecule has 1 unspecified atom stereocenters. The Morgan fingerprint density at radius 2 is 2.17 bits per heavy atom. The molecule has 4 heteroatoms. The number of thioether (sulfide) groups is 1. The molecule has 1 N–H and O–H groups in total. The fourth-order valence-electron chi connectivity index (χ4n) is 1.62. The average molecular weight is 271 g/mol. The second kappa shape index (κ2) is 11.5. The molecular formula is C14H29N3S. The van der Waals surface area contributed by atoms with Crippen molar-refractivity contribution in [1.29, 1.82) is 0 Å². The van der Waals surface area contributed by atoms with Gasteiger partial charge in [-0.3, -0.25) is 4.99 Å². The van der Waals surface area contributed by atoms with Crippen LogP contribution in [0.15, 0.2) is 17.6 Å². The van der Waals surface area contributed by atoms with Crippen LogP contribution in [-0.4, -0.2) is 49.6 Å². The van der Waals surface area contributed by atoms with Gasteiger partial charge >= 0.3 is 0 Å². The van der Waals surface area contributed by atoms with Gasteiger partial charge in [-0.1, -0.05) is 19.4 Å². The molecule has 0 aliphatic heterocycles. The van der Waals surface area contributed by atoms with E-state index in [1.807, 2.05) is 24.9 Å². The third-order valence-corrected chi connectivity index (χ3v) is 3.90. The van der Waals surface area contributed by atoms with Crippen LogP contribution in [0, 0.1) is 0 Å². The topological polar surface area (TPSA) is 27.6 Å². The highest BCUT2D eigenvalue weighted by Gasteiger charge is 2.06. The normalized spacial score (nSPS) is 13.2. The summed E-state index contributed by atoms with van der Waals surface area (Å²) in [5, 5.41) is 4.02. The van der Waals surface area contributed by atoms with Gasteiger partial charge < -0.3 is 10.2 Å². The minimum absolute atomic E-state index is 0.614. The summed E-state index contributed by atoms with van der Waals surface area (Å²) in [5.41, 5.74) is 0. The van der Waals surface area contributed by atoms with Crippen molar-refractivity contribution in [2.45, 2.75) is 37.9 Å². The van der Waals surface area contributed by atoms with Gasteiger partial charge in [0.05, 0.1) is 0 Å². The Balaban J connectivity index is 3.82. The average Bonchev–Trinajstić information content (AvgIpc) is 2.38. The summed E-state index contributed by atoms with van der Waals surface area (Å²) >= 11 is 1.87. The molecule has 0 saturated carbocycles. The molecule has 0 amide bonds. The second-order valence-electron chi connectivity index (χ2n) is 4.53. The zero-order valence-electron chi connectivity index (χ0n) is 12.4. The molecule has 0 fully saturated rings. The van der Waals surface area contributed by atoms with Crippen molar-refractivity contribution in [3.8, 4) is 0 Å². The van der Waals surface area contributed by atoms with Crippen molar-refractivity contribution in [3.05, 3.63) is 12.7 Å². The van der Waals surface area contributed by atoms with E-state index in [-0.39, 0.29) is 0 Å². The molecule has 0 spiro atoms. The van der Waals surface area contributed by atoms with Gasteiger partial charge in [0.15, 0.2) is 5.96 Å². The Labute approximate surface area is 117 Å². The van der Waals surface area contributed by atoms with Crippen LogP contribution in [0.5, 0.6) is 0 Å². The highest BCUT2D eigenvalue weighted by Crippen LogP contribution is 2.04. The van der Waals surface area contributed by atoms with E-state index in [0.29, 0.717) is 5.25 Å². The Hall–Kier alpha value is -0.640. The van der Waals surface area contributed by atoms with E-state index >= 15 is 0 Å². The third-order valence-electron chi connectivity index (χ3n) is 2.93. The maximum Gasteiger partial charge on any atom is 0.193 e. The summed E-state index contributed by atoms with van der Waals surface area (Å²) in [6.07, 6.45) is 8.97. The zero-order valence-corrected chi connectivity index (χ0v) is 13.2. The molecule has 0 rings (SSSR count). The standard InChI is InChI=1S/C14H29N3S/c1-6-7-8-9-10-11-17(4)14(15-3)16-12-13(2)18-5/h6,13H,1,7-12H2,2-5H3,(H,15,16). The van der Waals surface area contributed by atoms with Crippen LogP contribution in [0.3, 0.4) is 0 Å². The molecule has 0 saturated heterocycles. The van der Waals surface area contributed by atoms with E-state index < -0.39 is 0 Å². The maximum atomic E-state index is 4.32. The molecule has 18 heavy (non-hydrogen) atoms. The molecule has 1 atom stereocenters. The van der Waals surface area contributed by atoms with Crippen molar-refractivity contribution < 1.29 is 0 Å². The number of guanidine groups is 1. The first-order valence-electron chi connectivity index (χ1n) is 6.71. The Morgan fingerprint density at radius 1 is 1.44 bits per heavy atom. The molecule has 106 valence electrons. The van der Waals surface area contributed by atoms with E-state index in [9.17, 15) is 0 Å². The molecule has 0 aliphatic carbocycles. The van der Waals surface area contributed by atoms with Gasteiger partial charge in [-0.25, -0.2) is 0 Å². The van der Waals surface area contributed by atoms with E-state index in [2.05, 4.69) is 42.0 Å². The van der Waals surface area contributed by atoms with Crippen molar-refractivity contribution in [3.63, 3.8) is 0 Å². The van der Waals surface area contributed by atoms with Gasteiger partial charge in [0, 0.05) is 32.4 Å². The minimum atomic E-state index is 0.614. The van der Waals surface area contributed by atoms with Crippen molar-refractivity contribution in [1.82, 2.24) is 10.2 Å². The number of rotatable bonds is 9. The highest BCUT2D eigenvalue weighted by atomic mass is 32.2. The van der Waals surface area contributed by atoms with Gasteiger partial charge in [-0.15, -0.1) is 6.58 Å². The van der Waals surface area contributed by atoms with Gasteiger partial charge in [-0.05, 0) is 25.5 Å². The largest absolute Gasteiger partial charge is 0.355 e. The fourth-order valence-corrected chi connectivity index (χ4v) is 1.87. The van der Waals surface area contributed by atoms with Gasteiger partial charge in [0.25, 0.3) is 0 Å². The number of unbranched alkanes of at least 4 members (excludes halogenated alkanes) is 3. The molecule has 0 aromatic rings. The third kappa shape index (κ3) is 8.45. The van der Waals surface area contributed by atoms with Crippen LogP contribution in [0.25, 0.3) is 0 Å². The first-order valence-corrected chi connectivity index (χ1v) is 8.00. The van der Waals surface area contributed by atoms with Crippen LogP contribution in [0.1, 0.15) is 32.6 Å². The van der Waals surface area contributed by atoms with Gasteiger partial charge in [-0.2, -0.15) is 11.8 Å². The van der Waals surface area contributed by atoms with Crippen LogP contribution < -0.4 is 5.32 Å². The molecule has 3 nitrogen and oxygen atoms in total. The Bertz CT molecular complexity index is 241. The first kappa shape index (κ1) is 17.4. The Morgan fingerprint density at radius 3 is 2.72 bits per heavy atom. The summed E-state index contributed by atoms with van der Waals surface area (Å²) in [7, 11) is 3.95. The summed E-state index contributed by atoms with van der Waals surface area (Å²) in [6.45, 7) is 7.99. The van der Waals surface area contributed by atoms with Crippen LogP contribution in [0.4, 0.5) is 0 Å². The number of aliphatic imine (C=N–C) groups is 1. The number of allylic oxidation sites excluding steroid dienone is 1. The second-order valence-corrected chi connectivity index (χ2v) is 5.81. The molecule has 0 aliphatic rings. The lowest BCUT2D eigenvalue weighted by Gasteiger charge is -2.23. The summed E-state index contributed by atoms with van der Waals surface area (Å²) in [4.78, 5) is 6.52. The predicted molar refractivity (Wildman–Crippen MR) is 85.6 cm³/mol. The Kier molecular flexibility index (Phi) is 11.0. The monoisotopic (exact) mass is 271 g/mol. The lowest BCUT2D eigenvalue weighted by atomic mass is 10.2. The van der Waals surface area contributed by atoms with Crippen LogP contribution in [0.2, 0.25) is 0 Å². The predicted octanol–water partition coefficient (Wildman–Crippen LogP) is 2.99. The van der Waals surface area contributed by atoms with Crippen molar-refractivity contribution in [2.75, 3.05) is 33.4 Å². The lowest BCUT2D eigenvalue weighted by Crippen LogP contribution is -2.41.